The molecular formula is C17H22FNOS. The Morgan fingerprint density at radius 3 is 2.48 bits per heavy atom. The molecule has 0 bridgehead atoms. The van der Waals surface area contributed by atoms with E-state index in [1.807, 2.05) is 0 Å². The predicted octanol–water partition coefficient (Wildman–Crippen LogP) is 4.66. The van der Waals surface area contributed by atoms with Gasteiger partial charge in [-0.2, -0.15) is 0 Å². The standard InChI is InChI=1S/C17H22FNOS/c1-12-13(9-16(21-12)10-19-17(2,3)4)11-20-15-7-5-14(18)6-8-15/h5-9,19H,10-11H2,1-4H3. The number of hydrogen-bond donors (Lipinski definition) is 1. The van der Waals surface area contributed by atoms with E-state index in [-0.39, 0.29) is 11.4 Å². The second-order valence-corrected chi connectivity index (χ2v) is 7.48. The van der Waals surface area contributed by atoms with E-state index >= 15 is 0 Å². The van der Waals surface area contributed by atoms with Gasteiger partial charge < -0.3 is 10.1 Å². The van der Waals surface area contributed by atoms with Crippen LogP contribution in [0.4, 0.5) is 4.39 Å². The van der Waals surface area contributed by atoms with E-state index in [1.54, 1.807) is 23.5 Å². The quantitative estimate of drug-likeness (QED) is 0.867. The average molecular weight is 307 g/mol. The zero-order valence-corrected chi connectivity index (χ0v) is 13.8. The summed E-state index contributed by atoms with van der Waals surface area (Å²) < 4.78 is 18.5. The monoisotopic (exact) mass is 307 g/mol. The highest BCUT2D eigenvalue weighted by Gasteiger charge is 2.11. The Hall–Kier alpha value is -1.39. The van der Waals surface area contributed by atoms with E-state index < -0.39 is 0 Å². The summed E-state index contributed by atoms with van der Waals surface area (Å²) in [6.45, 7) is 9.97. The maximum absolute atomic E-state index is 12.8. The third-order valence-corrected chi connectivity index (χ3v) is 4.17. The lowest BCUT2D eigenvalue weighted by Gasteiger charge is -2.19. The van der Waals surface area contributed by atoms with Crippen LogP contribution < -0.4 is 10.1 Å². The molecule has 21 heavy (non-hydrogen) atoms. The van der Waals surface area contributed by atoms with Gasteiger partial charge >= 0.3 is 0 Å². The second kappa shape index (κ2) is 6.58. The van der Waals surface area contributed by atoms with Gasteiger partial charge in [-0.15, -0.1) is 11.3 Å². The van der Waals surface area contributed by atoms with Gasteiger partial charge in [-0.25, -0.2) is 4.39 Å². The molecule has 1 aromatic heterocycles. The van der Waals surface area contributed by atoms with Gasteiger partial charge in [-0.3, -0.25) is 0 Å². The minimum atomic E-state index is -0.246. The molecule has 0 fully saturated rings. The van der Waals surface area contributed by atoms with Crippen LogP contribution in [0.3, 0.4) is 0 Å². The molecule has 0 atom stereocenters. The van der Waals surface area contributed by atoms with Gasteiger partial charge in [0.1, 0.15) is 18.2 Å². The van der Waals surface area contributed by atoms with Crippen molar-refractivity contribution in [3.05, 3.63) is 51.5 Å². The van der Waals surface area contributed by atoms with Crippen molar-refractivity contribution in [1.82, 2.24) is 5.32 Å². The normalized spacial score (nSPS) is 11.7. The van der Waals surface area contributed by atoms with Gasteiger partial charge in [0, 0.05) is 27.4 Å². The van der Waals surface area contributed by atoms with Crippen LogP contribution in [-0.4, -0.2) is 5.54 Å². The minimum Gasteiger partial charge on any atom is -0.489 e. The number of aryl methyl sites for hydroxylation is 1. The first-order valence-corrected chi connectivity index (χ1v) is 7.87. The van der Waals surface area contributed by atoms with Gasteiger partial charge in [-0.05, 0) is 58.0 Å². The smallest absolute Gasteiger partial charge is 0.123 e. The van der Waals surface area contributed by atoms with Crippen molar-refractivity contribution < 1.29 is 9.13 Å². The number of ether oxygens (including phenoxy) is 1. The summed E-state index contributed by atoms with van der Waals surface area (Å²) in [6.07, 6.45) is 0. The first-order valence-electron chi connectivity index (χ1n) is 7.05. The Balaban J connectivity index is 1.94. The van der Waals surface area contributed by atoms with Crippen molar-refractivity contribution in [1.29, 1.82) is 0 Å². The lowest BCUT2D eigenvalue weighted by Crippen LogP contribution is -2.34. The number of halogens is 1. The van der Waals surface area contributed by atoms with E-state index in [4.69, 9.17) is 4.74 Å². The Kier molecular flexibility index (Phi) is 5.01. The minimum absolute atomic E-state index is 0.114. The fraction of sp³-hybridized carbons (Fsp3) is 0.412. The molecule has 1 heterocycles. The fourth-order valence-corrected chi connectivity index (χ4v) is 2.85. The molecule has 2 nitrogen and oxygen atoms in total. The third kappa shape index (κ3) is 5.14. The summed E-state index contributed by atoms with van der Waals surface area (Å²) in [6, 6.07) is 8.31. The largest absolute Gasteiger partial charge is 0.489 e. The van der Waals surface area contributed by atoms with Crippen LogP contribution in [0.2, 0.25) is 0 Å². The zero-order valence-electron chi connectivity index (χ0n) is 13.0. The molecule has 0 radical (unpaired) electrons. The maximum atomic E-state index is 12.8. The highest BCUT2D eigenvalue weighted by Crippen LogP contribution is 2.24. The number of hydrogen-bond acceptors (Lipinski definition) is 3. The summed E-state index contributed by atoms with van der Waals surface area (Å²) in [5.74, 6) is 0.445. The van der Waals surface area contributed by atoms with Crippen LogP contribution in [0, 0.1) is 12.7 Å². The van der Waals surface area contributed by atoms with Crippen molar-refractivity contribution in [3.63, 3.8) is 0 Å². The van der Waals surface area contributed by atoms with Gasteiger partial charge in [0.15, 0.2) is 0 Å². The lowest BCUT2D eigenvalue weighted by atomic mass is 10.1. The van der Waals surface area contributed by atoms with E-state index in [9.17, 15) is 4.39 Å². The van der Waals surface area contributed by atoms with Crippen molar-refractivity contribution >= 4 is 11.3 Å². The average Bonchev–Trinajstić information content (AvgIpc) is 2.76. The molecule has 114 valence electrons. The van der Waals surface area contributed by atoms with E-state index in [0.717, 1.165) is 6.54 Å². The van der Waals surface area contributed by atoms with Crippen molar-refractivity contribution in [2.24, 2.45) is 0 Å². The molecule has 0 aliphatic carbocycles. The van der Waals surface area contributed by atoms with Gasteiger partial charge in [-0.1, -0.05) is 0 Å². The molecule has 0 saturated heterocycles. The molecule has 2 rings (SSSR count). The molecule has 1 aromatic carbocycles. The molecule has 0 amide bonds. The number of thiophene rings is 1. The summed E-state index contributed by atoms with van der Waals surface area (Å²) in [4.78, 5) is 2.57. The SMILES string of the molecule is Cc1sc(CNC(C)(C)C)cc1COc1ccc(F)cc1. The summed E-state index contributed by atoms with van der Waals surface area (Å²) in [5, 5.41) is 3.49. The molecular weight excluding hydrogens is 285 g/mol. The Bertz CT molecular complexity index is 584. The van der Waals surface area contributed by atoms with Crippen molar-refractivity contribution in [2.75, 3.05) is 0 Å². The first kappa shape index (κ1) is 16.0. The van der Waals surface area contributed by atoms with Crippen LogP contribution in [0.25, 0.3) is 0 Å². The number of rotatable bonds is 5. The van der Waals surface area contributed by atoms with Crippen LogP contribution in [0.15, 0.2) is 30.3 Å². The van der Waals surface area contributed by atoms with Gasteiger partial charge in [0.25, 0.3) is 0 Å². The molecule has 0 aliphatic rings. The summed E-state index contributed by atoms with van der Waals surface area (Å²) >= 11 is 1.79. The first-order chi connectivity index (χ1) is 9.83. The molecule has 1 N–H and O–H groups in total. The second-order valence-electron chi connectivity index (χ2n) is 6.14. The summed E-state index contributed by atoms with van der Waals surface area (Å²) in [7, 11) is 0. The van der Waals surface area contributed by atoms with Crippen LogP contribution in [0.5, 0.6) is 5.75 Å². The van der Waals surface area contributed by atoms with Gasteiger partial charge in [0.05, 0.1) is 0 Å². The van der Waals surface area contributed by atoms with Crippen LogP contribution >= 0.6 is 11.3 Å². The molecule has 0 spiro atoms. The lowest BCUT2D eigenvalue weighted by molar-refractivity contribution is 0.305. The predicted molar refractivity (Wildman–Crippen MR) is 86.4 cm³/mol. The number of benzene rings is 1. The highest BCUT2D eigenvalue weighted by atomic mass is 32.1. The maximum Gasteiger partial charge on any atom is 0.123 e. The van der Waals surface area contributed by atoms with Crippen molar-refractivity contribution in [3.8, 4) is 5.75 Å². The van der Waals surface area contributed by atoms with E-state index in [1.165, 1.54) is 27.5 Å². The van der Waals surface area contributed by atoms with Crippen molar-refractivity contribution in [2.45, 2.75) is 46.4 Å². The molecule has 4 heteroatoms. The van der Waals surface area contributed by atoms with Crippen LogP contribution in [0.1, 0.15) is 36.1 Å². The number of nitrogens with one attached hydrogen (secondary N) is 1. The molecule has 0 aliphatic heterocycles. The Morgan fingerprint density at radius 2 is 1.86 bits per heavy atom. The van der Waals surface area contributed by atoms with E-state index in [2.05, 4.69) is 39.1 Å². The third-order valence-electron chi connectivity index (χ3n) is 3.07. The molecule has 2 aromatic rings. The highest BCUT2D eigenvalue weighted by molar-refractivity contribution is 7.12. The molecule has 0 unspecified atom stereocenters. The summed E-state index contributed by atoms with van der Waals surface area (Å²) in [5.41, 5.74) is 1.30. The fourth-order valence-electron chi connectivity index (χ4n) is 1.86. The zero-order chi connectivity index (χ0) is 15.5. The van der Waals surface area contributed by atoms with Crippen LogP contribution in [-0.2, 0) is 13.2 Å². The topological polar surface area (TPSA) is 21.3 Å². The molecule has 0 saturated carbocycles. The Morgan fingerprint density at radius 1 is 1.19 bits per heavy atom. The van der Waals surface area contributed by atoms with Gasteiger partial charge in [0.2, 0.25) is 0 Å². The van der Waals surface area contributed by atoms with E-state index in [0.29, 0.717) is 12.4 Å². The Labute approximate surface area is 130 Å².